The smallest absolute Gasteiger partial charge is 0.410 e. The molecule has 0 aliphatic carbocycles. The molecular formula is C13H22N2O2S. The SMILES string of the molecule is CC(C)(C)OC(=O)N1CCC2=C(C1)C(N)CCS2. The van der Waals surface area contributed by atoms with Crippen molar-refractivity contribution < 1.29 is 9.53 Å². The Kier molecular flexibility index (Phi) is 3.92. The van der Waals surface area contributed by atoms with E-state index in [4.69, 9.17) is 10.5 Å². The molecular weight excluding hydrogens is 248 g/mol. The van der Waals surface area contributed by atoms with Gasteiger partial charge in [-0.15, -0.1) is 11.8 Å². The summed E-state index contributed by atoms with van der Waals surface area (Å²) >= 11 is 1.90. The van der Waals surface area contributed by atoms with Crippen LogP contribution in [0.4, 0.5) is 4.79 Å². The van der Waals surface area contributed by atoms with Gasteiger partial charge in [0, 0.05) is 19.1 Å². The van der Waals surface area contributed by atoms with Crippen molar-refractivity contribution in [1.29, 1.82) is 0 Å². The van der Waals surface area contributed by atoms with Gasteiger partial charge < -0.3 is 15.4 Å². The number of hydrogen-bond acceptors (Lipinski definition) is 4. The van der Waals surface area contributed by atoms with Crippen LogP contribution in [-0.4, -0.2) is 41.5 Å². The molecule has 0 aromatic rings. The first-order valence-corrected chi connectivity index (χ1v) is 7.43. The fourth-order valence-corrected chi connectivity index (χ4v) is 3.48. The maximum atomic E-state index is 12.0. The van der Waals surface area contributed by atoms with E-state index in [0.29, 0.717) is 6.54 Å². The van der Waals surface area contributed by atoms with Crippen molar-refractivity contribution in [3.8, 4) is 0 Å². The van der Waals surface area contributed by atoms with Crippen LogP contribution in [0.2, 0.25) is 0 Å². The third kappa shape index (κ3) is 3.20. The predicted molar refractivity (Wildman–Crippen MR) is 74.5 cm³/mol. The third-order valence-corrected chi connectivity index (χ3v) is 4.39. The molecule has 0 aromatic carbocycles. The summed E-state index contributed by atoms with van der Waals surface area (Å²) in [5, 5.41) is 0. The number of hydrogen-bond donors (Lipinski definition) is 1. The standard InChI is InChI=1S/C13H22N2O2S/c1-13(2,3)17-12(16)15-6-4-11-9(8-15)10(14)5-7-18-11/h10H,4-8,14H2,1-3H3. The summed E-state index contributed by atoms with van der Waals surface area (Å²) in [6.45, 7) is 7.05. The van der Waals surface area contributed by atoms with Crippen LogP contribution in [0.3, 0.4) is 0 Å². The van der Waals surface area contributed by atoms with Crippen molar-refractivity contribution in [2.24, 2.45) is 5.73 Å². The summed E-state index contributed by atoms with van der Waals surface area (Å²) in [6.07, 6.45) is 1.70. The van der Waals surface area contributed by atoms with Gasteiger partial charge in [0.25, 0.3) is 0 Å². The van der Waals surface area contributed by atoms with E-state index in [1.54, 1.807) is 4.90 Å². The van der Waals surface area contributed by atoms with Crippen LogP contribution < -0.4 is 5.73 Å². The van der Waals surface area contributed by atoms with E-state index in [-0.39, 0.29) is 12.1 Å². The first-order valence-electron chi connectivity index (χ1n) is 6.45. The summed E-state index contributed by atoms with van der Waals surface area (Å²) in [5.74, 6) is 1.10. The number of carbonyl (C=O) groups is 1. The van der Waals surface area contributed by atoms with Crippen LogP contribution in [0.15, 0.2) is 10.5 Å². The molecule has 2 rings (SSSR count). The molecule has 5 heteroatoms. The number of rotatable bonds is 0. The topological polar surface area (TPSA) is 55.6 Å². The molecule has 102 valence electrons. The zero-order valence-electron chi connectivity index (χ0n) is 11.4. The third-order valence-electron chi connectivity index (χ3n) is 3.13. The molecule has 0 spiro atoms. The molecule has 0 fully saturated rings. The molecule has 18 heavy (non-hydrogen) atoms. The summed E-state index contributed by atoms with van der Waals surface area (Å²) in [6, 6.07) is 0.117. The molecule has 1 unspecified atom stereocenters. The van der Waals surface area contributed by atoms with Gasteiger partial charge in [0.1, 0.15) is 5.60 Å². The van der Waals surface area contributed by atoms with Crippen LogP contribution >= 0.6 is 11.8 Å². The van der Waals surface area contributed by atoms with Gasteiger partial charge in [0.15, 0.2) is 0 Å². The highest BCUT2D eigenvalue weighted by Gasteiger charge is 2.30. The Morgan fingerprint density at radius 2 is 2.22 bits per heavy atom. The maximum Gasteiger partial charge on any atom is 0.410 e. The number of thioether (sulfide) groups is 1. The second kappa shape index (κ2) is 5.13. The fourth-order valence-electron chi connectivity index (χ4n) is 2.22. The second-order valence-corrected chi connectivity index (χ2v) is 7.03. The van der Waals surface area contributed by atoms with Crippen LogP contribution in [0.5, 0.6) is 0 Å². The average molecular weight is 270 g/mol. The van der Waals surface area contributed by atoms with Gasteiger partial charge in [-0.3, -0.25) is 0 Å². The minimum absolute atomic E-state index is 0.117. The van der Waals surface area contributed by atoms with Gasteiger partial charge in [0.05, 0.1) is 0 Å². The zero-order valence-corrected chi connectivity index (χ0v) is 12.2. The Morgan fingerprint density at radius 3 is 2.89 bits per heavy atom. The van der Waals surface area contributed by atoms with E-state index in [0.717, 1.165) is 25.1 Å². The highest BCUT2D eigenvalue weighted by Crippen LogP contribution is 2.35. The molecule has 0 saturated carbocycles. The summed E-state index contributed by atoms with van der Waals surface area (Å²) in [4.78, 5) is 15.2. The molecule has 2 N–H and O–H groups in total. The first kappa shape index (κ1) is 13.7. The lowest BCUT2D eigenvalue weighted by Gasteiger charge is -2.36. The van der Waals surface area contributed by atoms with E-state index >= 15 is 0 Å². The largest absolute Gasteiger partial charge is 0.444 e. The van der Waals surface area contributed by atoms with Gasteiger partial charge >= 0.3 is 6.09 Å². The molecule has 1 amide bonds. The summed E-state index contributed by atoms with van der Waals surface area (Å²) < 4.78 is 5.41. The van der Waals surface area contributed by atoms with Gasteiger partial charge in [0.2, 0.25) is 0 Å². The van der Waals surface area contributed by atoms with E-state index in [9.17, 15) is 4.79 Å². The average Bonchev–Trinajstić information content (AvgIpc) is 2.27. The van der Waals surface area contributed by atoms with Crippen molar-refractivity contribution in [3.05, 3.63) is 10.5 Å². The van der Waals surface area contributed by atoms with Crippen molar-refractivity contribution in [2.45, 2.75) is 45.3 Å². The molecule has 2 heterocycles. The summed E-state index contributed by atoms with van der Waals surface area (Å²) in [7, 11) is 0. The van der Waals surface area contributed by atoms with Gasteiger partial charge in [-0.25, -0.2) is 4.79 Å². The number of nitrogens with zero attached hydrogens (tertiary/aromatic N) is 1. The molecule has 0 bridgehead atoms. The van der Waals surface area contributed by atoms with Crippen molar-refractivity contribution in [3.63, 3.8) is 0 Å². The van der Waals surface area contributed by atoms with E-state index < -0.39 is 5.60 Å². The monoisotopic (exact) mass is 270 g/mol. The molecule has 2 aliphatic heterocycles. The molecule has 2 aliphatic rings. The Balaban J connectivity index is 2.03. The minimum atomic E-state index is -0.435. The second-order valence-electron chi connectivity index (χ2n) is 5.84. The fraction of sp³-hybridized carbons (Fsp3) is 0.769. The van der Waals surface area contributed by atoms with Crippen molar-refractivity contribution >= 4 is 17.9 Å². The molecule has 0 radical (unpaired) electrons. The summed E-state index contributed by atoms with van der Waals surface area (Å²) in [5.41, 5.74) is 6.93. The molecule has 4 nitrogen and oxygen atoms in total. The predicted octanol–water partition coefficient (Wildman–Crippen LogP) is 2.35. The number of nitrogens with two attached hydrogens (primary N) is 1. The lowest BCUT2D eigenvalue weighted by molar-refractivity contribution is 0.0258. The van der Waals surface area contributed by atoms with E-state index in [2.05, 4.69) is 0 Å². The highest BCUT2D eigenvalue weighted by atomic mass is 32.2. The Morgan fingerprint density at radius 1 is 1.50 bits per heavy atom. The Hall–Kier alpha value is -0.680. The number of ether oxygens (including phenoxy) is 1. The lowest BCUT2D eigenvalue weighted by atomic mass is 10.00. The van der Waals surface area contributed by atoms with Crippen LogP contribution in [0.25, 0.3) is 0 Å². The van der Waals surface area contributed by atoms with Crippen molar-refractivity contribution in [1.82, 2.24) is 4.90 Å². The Bertz CT molecular complexity index is 374. The van der Waals surface area contributed by atoms with Gasteiger partial charge in [-0.1, -0.05) is 0 Å². The van der Waals surface area contributed by atoms with Crippen LogP contribution in [0.1, 0.15) is 33.6 Å². The lowest BCUT2D eigenvalue weighted by Crippen LogP contribution is -2.44. The van der Waals surface area contributed by atoms with Gasteiger partial charge in [-0.05, 0) is 49.8 Å². The number of amides is 1. The molecule has 0 saturated heterocycles. The normalized spacial score (nSPS) is 24.9. The number of carbonyl (C=O) groups excluding carboxylic acids is 1. The molecule has 1 atom stereocenters. The van der Waals surface area contributed by atoms with Crippen molar-refractivity contribution in [2.75, 3.05) is 18.8 Å². The zero-order chi connectivity index (χ0) is 13.3. The van der Waals surface area contributed by atoms with E-state index in [1.807, 2.05) is 32.5 Å². The Labute approximate surface area is 113 Å². The highest BCUT2D eigenvalue weighted by molar-refractivity contribution is 8.03. The first-order chi connectivity index (χ1) is 8.37. The van der Waals surface area contributed by atoms with Crippen LogP contribution in [-0.2, 0) is 4.74 Å². The van der Waals surface area contributed by atoms with Gasteiger partial charge in [-0.2, -0.15) is 0 Å². The quantitative estimate of drug-likeness (QED) is 0.734. The molecule has 0 aromatic heterocycles. The van der Waals surface area contributed by atoms with Crippen LogP contribution in [0, 0.1) is 0 Å². The maximum absolute atomic E-state index is 12.0. The van der Waals surface area contributed by atoms with E-state index in [1.165, 1.54) is 10.5 Å². The minimum Gasteiger partial charge on any atom is -0.444 e.